The summed E-state index contributed by atoms with van der Waals surface area (Å²) in [5.41, 5.74) is 0. The van der Waals surface area contributed by atoms with Gasteiger partial charge in [0, 0.05) is 31.2 Å². The van der Waals surface area contributed by atoms with Crippen LogP contribution in [0.15, 0.2) is 18.3 Å². The molecule has 22 heavy (non-hydrogen) atoms. The number of nitrogens with zero attached hydrogens (tertiary/aromatic N) is 2. The van der Waals surface area contributed by atoms with Gasteiger partial charge in [-0.2, -0.15) is 0 Å². The molecular formula is C15H22Cl2N4O. The van der Waals surface area contributed by atoms with Gasteiger partial charge in [-0.25, -0.2) is 4.98 Å². The molecule has 1 amide bonds. The van der Waals surface area contributed by atoms with Crippen molar-refractivity contribution in [3.63, 3.8) is 0 Å². The minimum absolute atomic E-state index is 0. The SMILES string of the molecule is Cl.O=C(NC1CCN(c2ncccc2Cl)C1)C1CCNCC1. The van der Waals surface area contributed by atoms with Crippen LogP contribution in [0.2, 0.25) is 5.02 Å². The van der Waals surface area contributed by atoms with E-state index in [1.165, 1.54) is 0 Å². The number of carbonyl (C=O) groups excluding carboxylic acids is 1. The van der Waals surface area contributed by atoms with Crippen LogP contribution in [-0.2, 0) is 4.79 Å². The second-order valence-electron chi connectivity index (χ2n) is 5.77. The van der Waals surface area contributed by atoms with Crippen LogP contribution in [0, 0.1) is 5.92 Å². The number of anilines is 1. The fourth-order valence-electron chi connectivity index (χ4n) is 3.08. The van der Waals surface area contributed by atoms with Crippen molar-refractivity contribution in [2.24, 2.45) is 5.92 Å². The molecule has 0 bridgehead atoms. The van der Waals surface area contributed by atoms with Crippen molar-refractivity contribution in [2.75, 3.05) is 31.1 Å². The van der Waals surface area contributed by atoms with Gasteiger partial charge in [-0.05, 0) is 44.5 Å². The van der Waals surface area contributed by atoms with Gasteiger partial charge >= 0.3 is 0 Å². The number of piperidine rings is 1. The third kappa shape index (κ3) is 4.03. The maximum absolute atomic E-state index is 12.3. The maximum atomic E-state index is 12.3. The first-order valence-electron chi connectivity index (χ1n) is 7.60. The Morgan fingerprint density at radius 2 is 2.14 bits per heavy atom. The van der Waals surface area contributed by atoms with E-state index in [0.29, 0.717) is 5.02 Å². The summed E-state index contributed by atoms with van der Waals surface area (Å²) in [6, 6.07) is 3.88. The van der Waals surface area contributed by atoms with Crippen molar-refractivity contribution in [3.05, 3.63) is 23.4 Å². The summed E-state index contributed by atoms with van der Waals surface area (Å²) in [5.74, 6) is 1.19. The van der Waals surface area contributed by atoms with Crippen molar-refractivity contribution in [1.29, 1.82) is 0 Å². The highest BCUT2D eigenvalue weighted by Gasteiger charge is 2.28. The first kappa shape index (κ1) is 17.3. The van der Waals surface area contributed by atoms with Crippen molar-refractivity contribution in [1.82, 2.24) is 15.6 Å². The zero-order valence-electron chi connectivity index (χ0n) is 12.4. The van der Waals surface area contributed by atoms with Crippen molar-refractivity contribution >= 4 is 35.7 Å². The van der Waals surface area contributed by atoms with Crippen LogP contribution in [0.1, 0.15) is 19.3 Å². The minimum Gasteiger partial charge on any atom is -0.353 e. The van der Waals surface area contributed by atoms with Gasteiger partial charge < -0.3 is 15.5 Å². The van der Waals surface area contributed by atoms with E-state index in [1.807, 2.05) is 12.1 Å². The molecule has 2 saturated heterocycles. The lowest BCUT2D eigenvalue weighted by molar-refractivity contribution is -0.126. The van der Waals surface area contributed by atoms with Gasteiger partial charge in [0.15, 0.2) is 0 Å². The number of halogens is 2. The fraction of sp³-hybridized carbons (Fsp3) is 0.600. The number of nitrogens with one attached hydrogen (secondary N) is 2. The molecule has 1 atom stereocenters. The van der Waals surface area contributed by atoms with Gasteiger partial charge in [-0.3, -0.25) is 4.79 Å². The predicted octanol–water partition coefficient (Wildman–Crippen LogP) is 1.85. The summed E-state index contributed by atoms with van der Waals surface area (Å²) >= 11 is 6.18. The Hall–Kier alpha value is -1.04. The Labute approximate surface area is 142 Å². The zero-order chi connectivity index (χ0) is 14.7. The summed E-state index contributed by atoms with van der Waals surface area (Å²) < 4.78 is 0. The Morgan fingerprint density at radius 3 is 2.86 bits per heavy atom. The van der Waals surface area contributed by atoms with E-state index in [-0.39, 0.29) is 30.3 Å². The quantitative estimate of drug-likeness (QED) is 0.878. The molecule has 3 rings (SSSR count). The molecule has 5 nitrogen and oxygen atoms in total. The predicted molar refractivity (Wildman–Crippen MR) is 90.8 cm³/mol. The molecule has 0 aromatic carbocycles. The van der Waals surface area contributed by atoms with E-state index in [2.05, 4.69) is 20.5 Å². The second kappa shape index (κ2) is 7.99. The second-order valence-corrected chi connectivity index (χ2v) is 6.18. The van der Waals surface area contributed by atoms with Gasteiger partial charge in [0.05, 0.1) is 5.02 Å². The third-order valence-corrected chi connectivity index (χ3v) is 4.58. The number of pyridine rings is 1. The van der Waals surface area contributed by atoms with E-state index in [0.717, 1.165) is 51.3 Å². The molecular weight excluding hydrogens is 323 g/mol. The highest BCUT2D eigenvalue weighted by atomic mass is 35.5. The molecule has 0 aliphatic carbocycles. The van der Waals surface area contributed by atoms with Gasteiger partial charge in [0.25, 0.3) is 0 Å². The summed E-state index contributed by atoms with van der Waals surface area (Å²) in [5, 5.41) is 7.14. The Morgan fingerprint density at radius 1 is 1.36 bits per heavy atom. The third-order valence-electron chi connectivity index (χ3n) is 4.28. The van der Waals surface area contributed by atoms with Gasteiger partial charge in [-0.1, -0.05) is 11.6 Å². The summed E-state index contributed by atoms with van der Waals surface area (Å²) in [6.45, 7) is 3.55. The number of carbonyl (C=O) groups is 1. The Bertz CT molecular complexity index is 508. The van der Waals surface area contributed by atoms with Crippen LogP contribution >= 0.6 is 24.0 Å². The van der Waals surface area contributed by atoms with Crippen molar-refractivity contribution < 1.29 is 4.79 Å². The molecule has 1 aromatic rings. The minimum atomic E-state index is 0. The van der Waals surface area contributed by atoms with Crippen LogP contribution in [0.3, 0.4) is 0 Å². The molecule has 3 heterocycles. The number of aromatic nitrogens is 1. The Balaban J connectivity index is 0.00000176. The van der Waals surface area contributed by atoms with E-state index < -0.39 is 0 Å². The number of hydrogen-bond acceptors (Lipinski definition) is 4. The monoisotopic (exact) mass is 344 g/mol. The molecule has 2 aliphatic rings. The molecule has 0 spiro atoms. The summed E-state index contributed by atoms with van der Waals surface area (Å²) in [7, 11) is 0. The van der Waals surface area contributed by atoms with Gasteiger partial charge in [0.1, 0.15) is 5.82 Å². The smallest absolute Gasteiger partial charge is 0.223 e. The number of rotatable bonds is 3. The number of amides is 1. The van der Waals surface area contributed by atoms with Crippen LogP contribution in [-0.4, -0.2) is 43.1 Å². The molecule has 2 fully saturated rings. The zero-order valence-corrected chi connectivity index (χ0v) is 14.0. The highest BCUT2D eigenvalue weighted by Crippen LogP contribution is 2.26. The van der Waals surface area contributed by atoms with Gasteiger partial charge in [0.2, 0.25) is 5.91 Å². The molecule has 2 aliphatic heterocycles. The molecule has 122 valence electrons. The van der Waals surface area contributed by atoms with Crippen molar-refractivity contribution in [3.8, 4) is 0 Å². The maximum Gasteiger partial charge on any atom is 0.223 e. The molecule has 0 saturated carbocycles. The van der Waals surface area contributed by atoms with Crippen molar-refractivity contribution in [2.45, 2.75) is 25.3 Å². The summed E-state index contributed by atoms with van der Waals surface area (Å²) in [4.78, 5) is 18.8. The van der Waals surface area contributed by atoms with Crippen LogP contribution in [0.4, 0.5) is 5.82 Å². The van der Waals surface area contributed by atoms with Crippen LogP contribution < -0.4 is 15.5 Å². The van der Waals surface area contributed by atoms with E-state index in [4.69, 9.17) is 11.6 Å². The molecule has 1 unspecified atom stereocenters. The average molecular weight is 345 g/mol. The average Bonchev–Trinajstić information content (AvgIpc) is 2.97. The van der Waals surface area contributed by atoms with E-state index >= 15 is 0 Å². The Kier molecular flexibility index (Phi) is 6.29. The first-order valence-corrected chi connectivity index (χ1v) is 7.98. The lowest BCUT2D eigenvalue weighted by Crippen LogP contribution is -2.43. The van der Waals surface area contributed by atoms with Crippen LogP contribution in [0.25, 0.3) is 0 Å². The lowest BCUT2D eigenvalue weighted by Gasteiger charge is -2.24. The molecule has 2 N–H and O–H groups in total. The first-order chi connectivity index (χ1) is 10.2. The normalized spacial score (nSPS) is 22.2. The van der Waals surface area contributed by atoms with E-state index in [9.17, 15) is 4.79 Å². The van der Waals surface area contributed by atoms with Crippen LogP contribution in [0.5, 0.6) is 0 Å². The highest BCUT2D eigenvalue weighted by molar-refractivity contribution is 6.32. The number of hydrogen-bond donors (Lipinski definition) is 2. The topological polar surface area (TPSA) is 57.3 Å². The molecule has 0 radical (unpaired) electrons. The standard InChI is InChI=1S/C15H21ClN4O.ClH/c16-13-2-1-6-18-14(13)20-9-5-12(10-20)19-15(21)11-3-7-17-8-4-11;/h1-2,6,11-12,17H,3-5,7-10H2,(H,19,21);1H. The largest absolute Gasteiger partial charge is 0.353 e. The van der Waals surface area contributed by atoms with E-state index in [1.54, 1.807) is 6.20 Å². The fourth-order valence-corrected chi connectivity index (χ4v) is 3.32. The van der Waals surface area contributed by atoms with Gasteiger partial charge in [-0.15, -0.1) is 12.4 Å². The molecule has 7 heteroatoms. The lowest BCUT2D eigenvalue weighted by atomic mass is 9.97. The molecule has 1 aromatic heterocycles. The summed E-state index contributed by atoms with van der Waals surface area (Å²) in [6.07, 6.45) is 4.58.